The SMILES string of the molecule is O=C(NC1CCCCC1)N1CCC(c2ccccc2)(N2CCCC2)CC1. The van der Waals surface area contributed by atoms with E-state index in [0.717, 1.165) is 38.8 Å². The molecule has 1 aromatic rings. The summed E-state index contributed by atoms with van der Waals surface area (Å²) in [6.07, 6.45) is 10.9. The van der Waals surface area contributed by atoms with Crippen LogP contribution < -0.4 is 5.32 Å². The van der Waals surface area contributed by atoms with Gasteiger partial charge in [0, 0.05) is 24.7 Å². The molecule has 1 N–H and O–H groups in total. The highest BCUT2D eigenvalue weighted by Gasteiger charge is 2.43. The van der Waals surface area contributed by atoms with E-state index < -0.39 is 0 Å². The van der Waals surface area contributed by atoms with Crippen LogP contribution in [0.25, 0.3) is 0 Å². The van der Waals surface area contributed by atoms with E-state index in [9.17, 15) is 4.79 Å². The summed E-state index contributed by atoms with van der Waals surface area (Å²) >= 11 is 0. The number of rotatable bonds is 3. The van der Waals surface area contributed by atoms with Crippen LogP contribution in [-0.4, -0.2) is 48.1 Å². The minimum absolute atomic E-state index is 0.124. The molecule has 0 atom stereocenters. The molecule has 0 spiro atoms. The molecule has 142 valence electrons. The molecule has 4 heteroatoms. The molecule has 0 aromatic heterocycles. The lowest BCUT2D eigenvalue weighted by Gasteiger charge is -2.48. The number of carbonyl (C=O) groups is 1. The van der Waals surface area contributed by atoms with Crippen molar-refractivity contribution in [3.05, 3.63) is 35.9 Å². The van der Waals surface area contributed by atoms with Crippen molar-refractivity contribution in [3.8, 4) is 0 Å². The van der Waals surface area contributed by atoms with Crippen LogP contribution in [0, 0.1) is 0 Å². The molecule has 2 amide bonds. The van der Waals surface area contributed by atoms with Crippen molar-refractivity contribution in [1.29, 1.82) is 0 Å². The van der Waals surface area contributed by atoms with Gasteiger partial charge < -0.3 is 10.2 Å². The third-order valence-electron chi connectivity index (χ3n) is 6.83. The Kier molecular flexibility index (Phi) is 5.49. The number of likely N-dealkylation sites (tertiary alicyclic amines) is 2. The second-order valence-corrected chi connectivity index (χ2v) is 8.36. The second kappa shape index (κ2) is 7.99. The van der Waals surface area contributed by atoms with Gasteiger partial charge >= 0.3 is 6.03 Å². The smallest absolute Gasteiger partial charge is 0.317 e. The van der Waals surface area contributed by atoms with Gasteiger partial charge in [-0.1, -0.05) is 49.6 Å². The van der Waals surface area contributed by atoms with E-state index in [1.165, 1.54) is 50.8 Å². The average molecular weight is 356 g/mol. The molecule has 26 heavy (non-hydrogen) atoms. The van der Waals surface area contributed by atoms with Crippen molar-refractivity contribution in [3.63, 3.8) is 0 Å². The van der Waals surface area contributed by atoms with Crippen molar-refractivity contribution in [1.82, 2.24) is 15.1 Å². The summed E-state index contributed by atoms with van der Waals surface area (Å²) in [5, 5.41) is 3.30. The van der Waals surface area contributed by atoms with Gasteiger partial charge in [0.2, 0.25) is 0 Å². The fourth-order valence-electron chi connectivity index (χ4n) is 5.27. The average Bonchev–Trinajstić information content (AvgIpc) is 3.25. The maximum Gasteiger partial charge on any atom is 0.317 e. The lowest BCUT2D eigenvalue weighted by Crippen LogP contribution is -2.55. The highest BCUT2D eigenvalue weighted by Crippen LogP contribution is 2.40. The van der Waals surface area contributed by atoms with Gasteiger partial charge in [0.25, 0.3) is 0 Å². The quantitative estimate of drug-likeness (QED) is 0.885. The number of hydrogen-bond donors (Lipinski definition) is 1. The Morgan fingerprint density at radius 3 is 2.19 bits per heavy atom. The first-order valence-corrected chi connectivity index (χ1v) is 10.6. The van der Waals surface area contributed by atoms with E-state index in [-0.39, 0.29) is 11.6 Å². The van der Waals surface area contributed by atoms with Gasteiger partial charge in [-0.15, -0.1) is 0 Å². The van der Waals surface area contributed by atoms with E-state index in [4.69, 9.17) is 0 Å². The van der Waals surface area contributed by atoms with E-state index in [2.05, 4.69) is 45.4 Å². The maximum absolute atomic E-state index is 12.7. The number of nitrogens with one attached hydrogen (secondary N) is 1. The van der Waals surface area contributed by atoms with Crippen molar-refractivity contribution in [2.45, 2.75) is 69.4 Å². The van der Waals surface area contributed by atoms with Crippen molar-refractivity contribution in [2.75, 3.05) is 26.2 Å². The van der Waals surface area contributed by atoms with Crippen LogP contribution in [0.15, 0.2) is 30.3 Å². The molecule has 0 bridgehead atoms. The summed E-state index contributed by atoms with van der Waals surface area (Å²) in [7, 11) is 0. The van der Waals surface area contributed by atoms with Crippen LogP contribution in [0.1, 0.15) is 63.4 Å². The zero-order valence-electron chi connectivity index (χ0n) is 16.0. The monoisotopic (exact) mass is 355 g/mol. The lowest BCUT2D eigenvalue weighted by molar-refractivity contribution is 0.0445. The summed E-state index contributed by atoms with van der Waals surface area (Å²) in [5.41, 5.74) is 1.56. The summed E-state index contributed by atoms with van der Waals surface area (Å²) in [4.78, 5) is 17.5. The highest BCUT2D eigenvalue weighted by molar-refractivity contribution is 5.74. The van der Waals surface area contributed by atoms with Gasteiger partial charge in [0.15, 0.2) is 0 Å². The van der Waals surface area contributed by atoms with E-state index in [1.54, 1.807) is 0 Å². The third kappa shape index (κ3) is 3.62. The molecule has 3 aliphatic rings. The fraction of sp³-hybridized carbons (Fsp3) is 0.682. The van der Waals surface area contributed by atoms with Crippen molar-refractivity contribution in [2.24, 2.45) is 0 Å². The van der Waals surface area contributed by atoms with E-state index in [1.807, 2.05) is 0 Å². The Balaban J connectivity index is 1.43. The molecular weight excluding hydrogens is 322 g/mol. The largest absolute Gasteiger partial charge is 0.335 e. The van der Waals surface area contributed by atoms with Crippen LogP contribution in [-0.2, 0) is 5.54 Å². The van der Waals surface area contributed by atoms with Gasteiger partial charge in [-0.25, -0.2) is 4.79 Å². The Hall–Kier alpha value is -1.55. The number of piperidine rings is 1. The third-order valence-corrected chi connectivity index (χ3v) is 6.83. The minimum atomic E-state index is 0.124. The van der Waals surface area contributed by atoms with Gasteiger partial charge in [-0.05, 0) is 57.2 Å². The fourth-order valence-corrected chi connectivity index (χ4v) is 5.27. The predicted octanol–water partition coefficient (Wildman–Crippen LogP) is 4.12. The Bertz CT molecular complexity index is 583. The zero-order valence-corrected chi connectivity index (χ0v) is 16.0. The van der Waals surface area contributed by atoms with E-state index in [0.29, 0.717) is 6.04 Å². The highest BCUT2D eigenvalue weighted by atomic mass is 16.2. The minimum Gasteiger partial charge on any atom is -0.335 e. The summed E-state index contributed by atoms with van der Waals surface area (Å²) in [6, 6.07) is 11.6. The van der Waals surface area contributed by atoms with Crippen molar-refractivity contribution < 1.29 is 4.79 Å². The van der Waals surface area contributed by atoms with Gasteiger partial charge in [-0.2, -0.15) is 0 Å². The zero-order chi connectivity index (χ0) is 17.8. The Morgan fingerprint density at radius 2 is 1.54 bits per heavy atom. The molecule has 2 saturated heterocycles. The first kappa shape index (κ1) is 17.8. The molecule has 4 nitrogen and oxygen atoms in total. The van der Waals surface area contributed by atoms with Crippen LogP contribution in [0.2, 0.25) is 0 Å². The Labute approximate surface area is 157 Å². The number of urea groups is 1. The maximum atomic E-state index is 12.7. The number of nitrogens with zero attached hydrogens (tertiary/aromatic N) is 2. The molecular formula is C22H33N3O. The first-order valence-electron chi connectivity index (χ1n) is 10.6. The normalized spacial score (nSPS) is 24.5. The molecule has 3 fully saturated rings. The van der Waals surface area contributed by atoms with Crippen LogP contribution >= 0.6 is 0 Å². The molecule has 1 aliphatic carbocycles. The lowest BCUT2D eigenvalue weighted by atomic mass is 9.79. The number of hydrogen-bond acceptors (Lipinski definition) is 2. The van der Waals surface area contributed by atoms with Crippen molar-refractivity contribution >= 4 is 6.03 Å². The molecule has 1 aromatic carbocycles. The number of amides is 2. The van der Waals surface area contributed by atoms with Crippen LogP contribution in [0.4, 0.5) is 4.79 Å². The Morgan fingerprint density at radius 1 is 0.885 bits per heavy atom. The molecule has 2 heterocycles. The number of benzene rings is 1. The molecule has 0 unspecified atom stereocenters. The predicted molar refractivity (Wildman–Crippen MR) is 105 cm³/mol. The number of carbonyl (C=O) groups excluding carboxylic acids is 1. The second-order valence-electron chi connectivity index (χ2n) is 8.36. The summed E-state index contributed by atoms with van der Waals surface area (Å²) in [5.74, 6) is 0. The molecule has 4 rings (SSSR count). The van der Waals surface area contributed by atoms with Gasteiger partial charge in [0.1, 0.15) is 0 Å². The van der Waals surface area contributed by atoms with Gasteiger partial charge in [-0.3, -0.25) is 4.90 Å². The van der Waals surface area contributed by atoms with Crippen LogP contribution in [0.3, 0.4) is 0 Å². The summed E-state index contributed by atoms with van der Waals surface area (Å²) in [6.45, 7) is 4.13. The van der Waals surface area contributed by atoms with Crippen LogP contribution in [0.5, 0.6) is 0 Å². The topological polar surface area (TPSA) is 35.6 Å². The molecule has 2 aliphatic heterocycles. The summed E-state index contributed by atoms with van der Waals surface area (Å²) < 4.78 is 0. The van der Waals surface area contributed by atoms with E-state index >= 15 is 0 Å². The molecule has 1 saturated carbocycles. The van der Waals surface area contributed by atoms with Gasteiger partial charge in [0.05, 0.1) is 0 Å². The first-order chi connectivity index (χ1) is 12.8. The molecule has 0 radical (unpaired) electrons. The standard InChI is InChI=1S/C22H33N3O/c26-21(23-20-11-5-2-6-12-20)24-17-13-22(14-18-24,25-15-7-8-16-25)19-9-3-1-4-10-19/h1,3-4,9-10,20H,2,5-8,11-18H2,(H,23,26).